The third-order valence-electron chi connectivity index (χ3n) is 4.32. The summed E-state index contributed by atoms with van der Waals surface area (Å²) in [7, 11) is 0. The van der Waals surface area contributed by atoms with Gasteiger partial charge in [-0.15, -0.1) is 0 Å². The third-order valence-corrected chi connectivity index (χ3v) is 4.32. The quantitative estimate of drug-likeness (QED) is 0.793. The highest BCUT2D eigenvalue weighted by atomic mass is 16.5. The number of fused-ring (bicyclic) bond motifs is 1. The summed E-state index contributed by atoms with van der Waals surface area (Å²) in [5.41, 5.74) is 1.43. The van der Waals surface area contributed by atoms with E-state index in [0.29, 0.717) is 24.5 Å². The zero-order chi connectivity index (χ0) is 14.7. The lowest BCUT2D eigenvalue weighted by atomic mass is 9.86. The van der Waals surface area contributed by atoms with Crippen LogP contribution in [0.4, 0.5) is 5.69 Å². The van der Waals surface area contributed by atoms with Gasteiger partial charge in [-0.2, -0.15) is 0 Å². The van der Waals surface area contributed by atoms with Crippen LogP contribution in [-0.4, -0.2) is 36.8 Å². The maximum atomic E-state index is 12.4. The maximum Gasteiger partial charge on any atom is 0.255 e. The van der Waals surface area contributed by atoms with Gasteiger partial charge < -0.3 is 20.5 Å². The van der Waals surface area contributed by atoms with Crippen molar-refractivity contribution in [1.82, 2.24) is 5.32 Å². The Morgan fingerprint density at radius 3 is 3.10 bits per heavy atom. The molecule has 2 unspecified atom stereocenters. The molecule has 21 heavy (non-hydrogen) atoms. The van der Waals surface area contributed by atoms with Crippen molar-refractivity contribution in [3.8, 4) is 5.75 Å². The lowest BCUT2D eigenvalue weighted by Crippen LogP contribution is -2.37. The van der Waals surface area contributed by atoms with Crippen LogP contribution in [-0.2, 0) is 0 Å². The minimum atomic E-state index is -0.290. The molecule has 1 heterocycles. The smallest absolute Gasteiger partial charge is 0.255 e. The fraction of sp³-hybridized carbons (Fsp3) is 0.562. The molecule has 3 N–H and O–H groups in total. The van der Waals surface area contributed by atoms with Crippen molar-refractivity contribution in [3.05, 3.63) is 23.8 Å². The zero-order valence-electron chi connectivity index (χ0n) is 12.1. The number of hydrogen-bond donors (Lipinski definition) is 3. The number of nitrogens with one attached hydrogen (secondary N) is 2. The average molecular weight is 290 g/mol. The highest BCUT2D eigenvalue weighted by molar-refractivity contribution is 5.99. The highest BCUT2D eigenvalue weighted by Crippen LogP contribution is 2.31. The lowest BCUT2D eigenvalue weighted by molar-refractivity contribution is 0.0662. The van der Waals surface area contributed by atoms with Crippen molar-refractivity contribution in [2.75, 3.05) is 25.0 Å². The van der Waals surface area contributed by atoms with Crippen molar-refractivity contribution < 1.29 is 14.6 Å². The SMILES string of the molecule is O=C(NCC1CCCCC1O)c1cccc2c1OCCN2. The summed E-state index contributed by atoms with van der Waals surface area (Å²) < 4.78 is 5.62. The molecule has 0 saturated heterocycles. The van der Waals surface area contributed by atoms with Gasteiger partial charge in [0.25, 0.3) is 5.91 Å². The Morgan fingerprint density at radius 2 is 2.24 bits per heavy atom. The van der Waals surface area contributed by atoms with Crippen LogP contribution < -0.4 is 15.4 Å². The molecule has 0 aromatic heterocycles. The van der Waals surface area contributed by atoms with Gasteiger partial charge >= 0.3 is 0 Å². The molecule has 2 aliphatic rings. The molecule has 1 aromatic rings. The molecule has 1 fully saturated rings. The van der Waals surface area contributed by atoms with Crippen molar-refractivity contribution in [1.29, 1.82) is 0 Å². The molecule has 5 heteroatoms. The third kappa shape index (κ3) is 3.13. The van der Waals surface area contributed by atoms with Crippen LogP contribution >= 0.6 is 0 Å². The molecule has 2 atom stereocenters. The Labute approximate surface area is 124 Å². The van der Waals surface area contributed by atoms with E-state index in [2.05, 4.69) is 10.6 Å². The second kappa shape index (κ2) is 6.35. The van der Waals surface area contributed by atoms with Gasteiger partial charge in [0.15, 0.2) is 5.75 Å². The summed E-state index contributed by atoms with van der Waals surface area (Å²) >= 11 is 0. The fourth-order valence-corrected chi connectivity index (χ4v) is 3.09. The molecule has 5 nitrogen and oxygen atoms in total. The Bertz CT molecular complexity index is 518. The van der Waals surface area contributed by atoms with Crippen LogP contribution in [0.2, 0.25) is 0 Å². The van der Waals surface area contributed by atoms with E-state index in [1.807, 2.05) is 12.1 Å². The van der Waals surface area contributed by atoms with E-state index in [9.17, 15) is 9.90 Å². The molecular formula is C16H22N2O3. The van der Waals surface area contributed by atoms with E-state index in [-0.39, 0.29) is 17.9 Å². The number of aliphatic hydroxyl groups excluding tert-OH is 1. The van der Waals surface area contributed by atoms with E-state index in [1.165, 1.54) is 0 Å². The minimum Gasteiger partial charge on any atom is -0.489 e. The van der Waals surface area contributed by atoms with E-state index < -0.39 is 0 Å². The largest absolute Gasteiger partial charge is 0.489 e. The number of anilines is 1. The number of carbonyl (C=O) groups excluding carboxylic acids is 1. The van der Waals surface area contributed by atoms with Gasteiger partial charge in [0.2, 0.25) is 0 Å². The van der Waals surface area contributed by atoms with E-state index >= 15 is 0 Å². The Balaban J connectivity index is 1.65. The van der Waals surface area contributed by atoms with Gasteiger partial charge in [-0.3, -0.25) is 4.79 Å². The van der Waals surface area contributed by atoms with Crippen LogP contribution in [0.25, 0.3) is 0 Å². The Morgan fingerprint density at radius 1 is 1.38 bits per heavy atom. The van der Waals surface area contributed by atoms with Crippen molar-refractivity contribution in [3.63, 3.8) is 0 Å². The van der Waals surface area contributed by atoms with Gasteiger partial charge in [0.05, 0.1) is 17.4 Å². The first-order valence-corrected chi connectivity index (χ1v) is 7.71. The van der Waals surface area contributed by atoms with E-state index in [1.54, 1.807) is 6.07 Å². The molecule has 0 radical (unpaired) electrons. The van der Waals surface area contributed by atoms with Crippen LogP contribution in [0.1, 0.15) is 36.0 Å². The molecule has 0 spiro atoms. The molecule has 0 bridgehead atoms. The van der Waals surface area contributed by atoms with Gasteiger partial charge in [0.1, 0.15) is 6.61 Å². The van der Waals surface area contributed by atoms with Crippen LogP contribution in [0.15, 0.2) is 18.2 Å². The topological polar surface area (TPSA) is 70.6 Å². The maximum absolute atomic E-state index is 12.4. The van der Waals surface area contributed by atoms with Gasteiger partial charge in [-0.25, -0.2) is 0 Å². The number of rotatable bonds is 3. The summed E-state index contributed by atoms with van der Waals surface area (Å²) in [6.07, 6.45) is 3.74. The number of benzene rings is 1. The predicted octanol–water partition coefficient (Wildman–Crippen LogP) is 1.77. The van der Waals surface area contributed by atoms with Crippen LogP contribution in [0.5, 0.6) is 5.75 Å². The van der Waals surface area contributed by atoms with Gasteiger partial charge in [-0.1, -0.05) is 18.9 Å². The number of hydrogen-bond acceptors (Lipinski definition) is 4. The first-order chi connectivity index (χ1) is 10.3. The number of para-hydroxylation sites is 1. The standard InChI is InChI=1S/C16H22N2O3/c19-14-7-2-1-4-11(14)10-18-16(20)12-5-3-6-13-15(12)21-9-8-17-13/h3,5-6,11,14,17,19H,1-2,4,7-10H2,(H,18,20). The molecule has 1 aliphatic carbocycles. The van der Waals surface area contributed by atoms with E-state index in [4.69, 9.17) is 4.74 Å². The van der Waals surface area contributed by atoms with E-state index in [0.717, 1.165) is 37.9 Å². The predicted molar refractivity (Wildman–Crippen MR) is 80.7 cm³/mol. The number of aliphatic hydroxyl groups is 1. The summed E-state index contributed by atoms with van der Waals surface area (Å²) in [6.45, 7) is 1.85. The number of ether oxygens (including phenoxy) is 1. The average Bonchev–Trinajstić information content (AvgIpc) is 2.53. The fourth-order valence-electron chi connectivity index (χ4n) is 3.09. The monoisotopic (exact) mass is 290 g/mol. The van der Waals surface area contributed by atoms with Crippen molar-refractivity contribution in [2.24, 2.45) is 5.92 Å². The second-order valence-electron chi connectivity index (χ2n) is 5.78. The normalized spacial score (nSPS) is 24.4. The molecular weight excluding hydrogens is 268 g/mol. The molecule has 114 valence electrons. The van der Waals surface area contributed by atoms with Crippen LogP contribution in [0.3, 0.4) is 0 Å². The lowest BCUT2D eigenvalue weighted by Gasteiger charge is -2.28. The Hall–Kier alpha value is -1.75. The first-order valence-electron chi connectivity index (χ1n) is 7.71. The first kappa shape index (κ1) is 14.2. The summed E-state index contributed by atoms with van der Waals surface area (Å²) in [4.78, 5) is 12.4. The summed E-state index contributed by atoms with van der Waals surface area (Å²) in [5.74, 6) is 0.667. The van der Waals surface area contributed by atoms with Crippen molar-refractivity contribution in [2.45, 2.75) is 31.8 Å². The summed E-state index contributed by atoms with van der Waals surface area (Å²) in [5, 5.41) is 16.1. The second-order valence-corrected chi connectivity index (χ2v) is 5.78. The summed E-state index contributed by atoms with van der Waals surface area (Å²) in [6, 6.07) is 5.54. The molecule has 1 saturated carbocycles. The highest BCUT2D eigenvalue weighted by Gasteiger charge is 2.24. The zero-order valence-corrected chi connectivity index (χ0v) is 12.1. The number of amides is 1. The molecule has 1 aliphatic heterocycles. The van der Waals surface area contributed by atoms with Gasteiger partial charge in [-0.05, 0) is 25.0 Å². The minimum absolute atomic E-state index is 0.131. The van der Waals surface area contributed by atoms with Crippen molar-refractivity contribution >= 4 is 11.6 Å². The number of carbonyl (C=O) groups is 1. The molecule has 3 rings (SSSR count). The van der Waals surface area contributed by atoms with Crippen LogP contribution in [0, 0.1) is 5.92 Å². The Kier molecular flexibility index (Phi) is 4.29. The van der Waals surface area contributed by atoms with Gasteiger partial charge in [0, 0.05) is 19.0 Å². The molecule has 1 aromatic carbocycles. The molecule has 1 amide bonds.